The van der Waals surface area contributed by atoms with Crippen molar-refractivity contribution in [2.45, 2.75) is 24.9 Å². The number of likely N-dealkylation sites (N-methyl/N-ethyl adjacent to an activating group) is 1. The van der Waals surface area contributed by atoms with E-state index in [2.05, 4.69) is 20.2 Å². The van der Waals surface area contributed by atoms with Crippen molar-refractivity contribution in [1.82, 2.24) is 20.4 Å². The van der Waals surface area contributed by atoms with Crippen molar-refractivity contribution in [1.29, 1.82) is 0 Å². The smallest absolute Gasteiger partial charge is 0.406 e. The van der Waals surface area contributed by atoms with Crippen molar-refractivity contribution in [2.24, 2.45) is 0 Å². The van der Waals surface area contributed by atoms with Crippen molar-refractivity contribution in [3.63, 3.8) is 0 Å². The average Bonchev–Trinajstić information content (AvgIpc) is 3.34. The second-order valence-corrected chi connectivity index (χ2v) is 7.26. The minimum absolute atomic E-state index is 0.0862. The second-order valence-electron chi connectivity index (χ2n) is 7.26. The van der Waals surface area contributed by atoms with Crippen LogP contribution in [-0.2, 0) is 0 Å². The normalized spacial score (nSPS) is 19.4. The maximum Gasteiger partial charge on any atom is 0.573 e. The van der Waals surface area contributed by atoms with Gasteiger partial charge in [0.15, 0.2) is 0 Å². The molecule has 0 bridgehead atoms. The molecule has 7 nitrogen and oxygen atoms in total. The molecular formula is C21H19F3N4O3. The third kappa shape index (κ3) is 5.02. The summed E-state index contributed by atoms with van der Waals surface area (Å²) in [6.45, 7) is 0.616. The van der Waals surface area contributed by atoms with Gasteiger partial charge in [-0.05, 0) is 49.9 Å². The number of carbonyl (C=O) groups excluding carboxylic acids is 1. The highest BCUT2D eigenvalue weighted by Gasteiger charge is 2.35. The van der Waals surface area contributed by atoms with Crippen molar-refractivity contribution in [3.05, 3.63) is 66.1 Å². The molecular weight excluding hydrogens is 413 g/mol. The summed E-state index contributed by atoms with van der Waals surface area (Å²) in [5, 5.41) is 6.95. The van der Waals surface area contributed by atoms with Gasteiger partial charge >= 0.3 is 6.36 Å². The molecule has 0 spiro atoms. The van der Waals surface area contributed by atoms with Gasteiger partial charge in [-0.15, -0.1) is 13.2 Å². The van der Waals surface area contributed by atoms with E-state index in [-0.39, 0.29) is 29.6 Å². The van der Waals surface area contributed by atoms with Gasteiger partial charge in [0.05, 0.1) is 6.04 Å². The highest BCUT2D eigenvalue weighted by molar-refractivity contribution is 5.94. The molecule has 162 valence electrons. The van der Waals surface area contributed by atoms with Crippen molar-refractivity contribution < 1.29 is 27.2 Å². The van der Waals surface area contributed by atoms with Crippen LogP contribution in [0.2, 0.25) is 0 Å². The van der Waals surface area contributed by atoms with Crippen LogP contribution in [-0.4, -0.2) is 46.9 Å². The predicted molar refractivity (Wildman–Crippen MR) is 104 cm³/mol. The van der Waals surface area contributed by atoms with Crippen LogP contribution in [0.5, 0.6) is 5.75 Å². The maximum atomic E-state index is 12.4. The number of likely N-dealkylation sites (tertiary alicyclic amines) is 1. The first-order valence-corrected chi connectivity index (χ1v) is 9.54. The fourth-order valence-corrected chi connectivity index (χ4v) is 3.54. The molecule has 1 aliphatic heterocycles. The van der Waals surface area contributed by atoms with Crippen LogP contribution in [0.15, 0.2) is 59.1 Å². The number of hydrogen-bond donors (Lipinski definition) is 1. The van der Waals surface area contributed by atoms with Gasteiger partial charge in [0, 0.05) is 23.7 Å². The summed E-state index contributed by atoms with van der Waals surface area (Å²) < 4.78 is 46.1. The number of amides is 1. The van der Waals surface area contributed by atoms with Gasteiger partial charge in [-0.3, -0.25) is 9.69 Å². The summed E-state index contributed by atoms with van der Waals surface area (Å²) in [5.41, 5.74) is 1.09. The Morgan fingerprint density at radius 2 is 1.87 bits per heavy atom. The Bertz CT molecular complexity index is 1040. The number of benzene rings is 2. The van der Waals surface area contributed by atoms with Gasteiger partial charge in [-0.1, -0.05) is 23.4 Å². The lowest BCUT2D eigenvalue weighted by molar-refractivity contribution is -0.274. The van der Waals surface area contributed by atoms with E-state index < -0.39 is 6.36 Å². The minimum Gasteiger partial charge on any atom is -0.406 e. The zero-order valence-corrected chi connectivity index (χ0v) is 16.5. The molecule has 1 aliphatic rings. The number of hydrogen-bond acceptors (Lipinski definition) is 6. The number of rotatable bonds is 5. The van der Waals surface area contributed by atoms with Crippen molar-refractivity contribution >= 4 is 5.91 Å². The van der Waals surface area contributed by atoms with Crippen LogP contribution in [0.25, 0.3) is 11.4 Å². The number of ether oxygens (including phenoxy) is 1. The van der Waals surface area contributed by atoms with Gasteiger partial charge in [-0.2, -0.15) is 4.98 Å². The Morgan fingerprint density at radius 3 is 2.55 bits per heavy atom. The number of halogens is 3. The molecule has 10 heteroatoms. The lowest BCUT2D eigenvalue weighted by Crippen LogP contribution is -2.36. The molecule has 1 aromatic heterocycles. The van der Waals surface area contributed by atoms with E-state index in [1.807, 2.05) is 18.0 Å². The van der Waals surface area contributed by atoms with Gasteiger partial charge in [0.1, 0.15) is 5.75 Å². The molecule has 31 heavy (non-hydrogen) atoms. The third-order valence-electron chi connectivity index (χ3n) is 4.99. The topological polar surface area (TPSA) is 80.5 Å². The van der Waals surface area contributed by atoms with E-state index in [0.29, 0.717) is 30.0 Å². The molecule has 2 atom stereocenters. The summed E-state index contributed by atoms with van der Waals surface area (Å²) in [4.78, 5) is 18.8. The van der Waals surface area contributed by atoms with Gasteiger partial charge in [0.25, 0.3) is 5.91 Å². The lowest BCUT2D eigenvalue weighted by Gasteiger charge is -2.14. The molecule has 0 saturated carbocycles. The maximum absolute atomic E-state index is 12.4. The monoisotopic (exact) mass is 432 g/mol. The van der Waals surface area contributed by atoms with E-state index in [0.717, 1.165) is 0 Å². The van der Waals surface area contributed by atoms with Gasteiger partial charge in [0.2, 0.25) is 11.7 Å². The molecule has 3 aromatic rings. The predicted octanol–water partition coefficient (Wildman–Crippen LogP) is 3.81. The second kappa shape index (κ2) is 8.38. The first-order chi connectivity index (χ1) is 14.8. The van der Waals surface area contributed by atoms with Crippen molar-refractivity contribution in [3.8, 4) is 17.1 Å². The van der Waals surface area contributed by atoms with E-state index in [4.69, 9.17) is 4.52 Å². The van der Waals surface area contributed by atoms with Gasteiger partial charge < -0.3 is 14.6 Å². The van der Waals surface area contributed by atoms with Crippen LogP contribution in [0.4, 0.5) is 13.2 Å². The summed E-state index contributed by atoms with van der Waals surface area (Å²) in [7, 11) is 1.90. The average molecular weight is 432 g/mol. The number of carbonyl (C=O) groups is 1. The van der Waals surface area contributed by atoms with Crippen LogP contribution >= 0.6 is 0 Å². The van der Waals surface area contributed by atoms with Gasteiger partial charge in [-0.25, -0.2) is 0 Å². The quantitative estimate of drug-likeness (QED) is 0.661. The fourth-order valence-electron chi connectivity index (χ4n) is 3.54. The van der Waals surface area contributed by atoms with E-state index in [1.54, 1.807) is 24.3 Å². The molecule has 0 radical (unpaired) electrons. The molecule has 0 aliphatic carbocycles. The lowest BCUT2D eigenvalue weighted by atomic mass is 10.1. The Balaban J connectivity index is 1.41. The van der Waals surface area contributed by atoms with E-state index in [9.17, 15) is 18.0 Å². The molecule has 0 unspecified atom stereocenters. The minimum atomic E-state index is -4.75. The number of nitrogens with zero attached hydrogens (tertiary/aromatic N) is 3. The standard InChI is InChI=1S/C21H19F3N4O3/c1-28-12-15(25-19(29)14-5-3-2-4-6-14)11-17(28)20-26-18(27-31-20)13-7-9-16(10-8-13)30-21(22,23)24/h2-10,15,17H,11-12H2,1H3,(H,25,29)/t15-,17-/m0/s1. The van der Waals surface area contributed by atoms with E-state index in [1.165, 1.54) is 24.3 Å². The SMILES string of the molecule is CN1C[C@@H](NC(=O)c2ccccc2)C[C@H]1c1nc(-c2ccc(OC(F)(F)F)cc2)no1. The zero-order valence-electron chi connectivity index (χ0n) is 16.5. The summed E-state index contributed by atoms with van der Waals surface area (Å²) >= 11 is 0. The molecule has 1 fully saturated rings. The van der Waals surface area contributed by atoms with Crippen LogP contribution in [0.1, 0.15) is 28.7 Å². The first kappa shape index (κ1) is 20.9. The molecule has 1 saturated heterocycles. The van der Waals surface area contributed by atoms with Crippen molar-refractivity contribution in [2.75, 3.05) is 13.6 Å². The Hall–Kier alpha value is -3.40. The number of nitrogens with one attached hydrogen (secondary N) is 1. The number of alkyl halides is 3. The Labute approximate surface area is 175 Å². The summed E-state index contributed by atoms with van der Waals surface area (Å²) in [5.74, 6) is 0.169. The van der Waals surface area contributed by atoms with E-state index >= 15 is 0 Å². The Kier molecular flexibility index (Phi) is 5.64. The fraction of sp³-hybridized carbons (Fsp3) is 0.286. The molecule has 2 aromatic carbocycles. The molecule has 1 amide bonds. The molecule has 1 N–H and O–H groups in total. The highest BCUT2D eigenvalue weighted by atomic mass is 19.4. The molecule has 2 heterocycles. The number of aromatic nitrogens is 2. The highest BCUT2D eigenvalue weighted by Crippen LogP contribution is 2.31. The van der Waals surface area contributed by atoms with Crippen LogP contribution in [0.3, 0.4) is 0 Å². The summed E-state index contributed by atoms with van der Waals surface area (Å²) in [6, 6.07) is 13.9. The van der Waals surface area contributed by atoms with Crippen LogP contribution < -0.4 is 10.1 Å². The largest absolute Gasteiger partial charge is 0.573 e. The Morgan fingerprint density at radius 1 is 1.16 bits per heavy atom. The summed E-state index contributed by atoms with van der Waals surface area (Å²) in [6.07, 6.45) is -4.16. The first-order valence-electron chi connectivity index (χ1n) is 9.54. The molecule has 4 rings (SSSR count). The van der Waals surface area contributed by atoms with Crippen LogP contribution in [0, 0.1) is 0 Å². The zero-order chi connectivity index (χ0) is 22.0. The third-order valence-corrected chi connectivity index (χ3v) is 4.99.